The minimum Gasteiger partial charge on any atom is -0.390 e. The molecule has 1 aromatic heterocycles. The Morgan fingerprint density at radius 1 is 1.35 bits per heavy atom. The van der Waals surface area contributed by atoms with Crippen LogP contribution >= 0.6 is 0 Å². The molecule has 0 spiro atoms. The summed E-state index contributed by atoms with van der Waals surface area (Å²) in [5, 5.41) is 15.1. The molecule has 112 valence electrons. The second kappa shape index (κ2) is 5.86. The molecule has 2 aliphatic rings. The summed E-state index contributed by atoms with van der Waals surface area (Å²) in [4.78, 5) is 0. The van der Waals surface area contributed by atoms with Gasteiger partial charge in [-0.15, -0.1) is 0 Å². The molecule has 1 atom stereocenters. The van der Waals surface area contributed by atoms with Gasteiger partial charge in [-0.1, -0.05) is 19.3 Å². The molecule has 0 aliphatic heterocycles. The molecular weight excluding hydrogens is 252 g/mol. The number of rotatable bonds is 5. The van der Waals surface area contributed by atoms with Gasteiger partial charge in [-0.2, -0.15) is 5.10 Å². The van der Waals surface area contributed by atoms with Crippen molar-refractivity contribution in [2.75, 3.05) is 7.11 Å². The zero-order valence-corrected chi connectivity index (χ0v) is 12.4. The molecule has 1 aromatic rings. The van der Waals surface area contributed by atoms with E-state index in [0.29, 0.717) is 12.5 Å². The summed E-state index contributed by atoms with van der Waals surface area (Å²) < 4.78 is 7.66. The van der Waals surface area contributed by atoms with E-state index in [2.05, 4.69) is 22.0 Å². The smallest absolute Gasteiger partial charge is 0.0940 e. The highest BCUT2D eigenvalue weighted by atomic mass is 16.5. The zero-order chi connectivity index (χ0) is 14.0. The molecule has 2 aliphatic carbocycles. The Balaban J connectivity index is 1.62. The second-order valence-electron chi connectivity index (χ2n) is 6.42. The van der Waals surface area contributed by atoms with Crippen LogP contribution in [0.1, 0.15) is 63.1 Å². The number of aliphatic hydroxyl groups is 1. The molecule has 0 bridgehead atoms. The van der Waals surface area contributed by atoms with Crippen LogP contribution in [0.4, 0.5) is 0 Å². The predicted molar refractivity (Wildman–Crippen MR) is 77.7 cm³/mol. The molecule has 4 heteroatoms. The highest BCUT2D eigenvalue weighted by Crippen LogP contribution is 2.39. The van der Waals surface area contributed by atoms with Gasteiger partial charge in [0.05, 0.1) is 23.4 Å². The molecule has 0 amide bonds. The highest BCUT2D eigenvalue weighted by Gasteiger charge is 2.43. The summed E-state index contributed by atoms with van der Waals surface area (Å²) in [7, 11) is 1.71. The fourth-order valence-electron chi connectivity index (χ4n) is 3.62. The first kappa shape index (κ1) is 14.1. The Labute approximate surface area is 121 Å². The van der Waals surface area contributed by atoms with Crippen LogP contribution in [0.25, 0.3) is 0 Å². The maximum Gasteiger partial charge on any atom is 0.0940 e. The SMILES string of the molecule is COC1(C(O)Cc2ccn(C3CCCCC3)n2)CCC1. The minimum absolute atomic E-state index is 0.311. The zero-order valence-electron chi connectivity index (χ0n) is 12.4. The number of methoxy groups -OCH3 is 1. The molecular formula is C16H26N2O2. The molecule has 1 unspecified atom stereocenters. The van der Waals surface area contributed by atoms with Gasteiger partial charge in [-0.3, -0.25) is 4.68 Å². The van der Waals surface area contributed by atoms with Crippen molar-refractivity contribution in [1.82, 2.24) is 9.78 Å². The van der Waals surface area contributed by atoms with E-state index < -0.39 is 6.10 Å². The van der Waals surface area contributed by atoms with Crippen molar-refractivity contribution in [2.45, 2.75) is 75.5 Å². The summed E-state index contributed by atoms with van der Waals surface area (Å²) in [6.07, 6.45) is 11.8. The first-order valence-electron chi connectivity index (χ1n) is 8.01. The van der Waals surface area contributed by atoms with Crippen LogP contribution in [0.2, 0.25) is 0 Å². The van der Waals surface area contributed by atoms with E-state index in [0.717, 1.165) is 25.0 Å². The third-order valence-corrected chi connectivity index (χ3v) is 5.23. The van der Waals surface area contributed by atoms with Crippen molar-refractivity contribution >= 4 is 0 Å². The lowest BCUT2D eigenvalue weighted by atomic mass is 9.74. The number of aliphatic hydroxyl groups excluding tert-OH is 1. The highest BCUT2D eigenvalue weighted by molar-refractivity contribution is 5.06. The summed E-state index contributed by atoms with van der Waals surface area (Å²) in [6, 6.07) is 2.62. The van der Waals surface area contributed by atoms with Gasteiger partial charge < -0.3 is 9.84 Å². The van der Waals surface area contributed by atoms with Gasteiger partial charge in [-0.05, 0) is 38.2 Å². The normalized spacial score (nSPS) is 24.3. The molecule has 1 heterocycles. The van der Waals surface area contributed by atoms with E-state index >= 15 is 0 Å². The third-order valence-electron chi connectivity index (χ3n) is 5.23. The van der Waals surface area contributed by atoms with E-state index in [1.165, 1.54) is 32.1 Å². The molecule has 2 fully saturated rings. The molecule has 2 saturated carbocycles. The average Bonchev–Trinajstić information content (AvgIpc) is 2.88. The number of hydrogen-bond acceptors (Lipinski definition) is 3. The molecule has 20 heavy (non-hydrogen) atoms. The van der Waals surface area contributed by atoms with Gasteiger partial charge in [0.15, 0.2) is 0 Å². The molecule has 0 radical (unpaired) electrons. The van der Waals surface area contributed by atoms with Crippen molar-refractivity contribution in [3.63, 3.8) is 0 Å². The van der Waals surface area contributed by atoms with Crippen molar-refractivity contribution in [2.24, 2.45) is 0 Å². The monoisotopic (exact) mass is 278 g/mol. The van der Waals surface area contributed by atoms with E-state index in [1.54, 1.807) is 7.11 Å². The van der Waals surface area contributed by atoms with Crippen molar-refractivity contribution < 1.29 is 9.84 Å². The predicted octanol–water partition coefficient (Wildman–Crippen LogP) is 2.86. The van der Waals surface area contributed by atoms with Crippen molar-refractivity contribution in [3.05, 3.63) is 18.0 Å². The summed E-state index contributed by atoms with van der Waals surface area (Å²) in [6.45, 7) is 0. The maximum absolute atomic E-state index is 10.4. The number of ether oxygens (including phenoxy) is 1. The number of nitrogens with zero attached hydrogens (tertiary/aromatic N) is 2. The molecule has 1 N–H and O–H groups in total. The van der Waals surface area contributed by atoms with Gasteiger partial charge in [0.2, 0.25) is 0 Å². The lowest BCUT2D eigenvalue weighted by molar-refractivity contribution is -0.148. The maximum atomic E-state index is 10.4. The third kappa shape index (κ3) is 2.63. The first-order valence-corrected chi connectivity index (χ1v) is 8.01. The lowest BCUT2D eigenvalue weighted by Crippen LogP contribution is -2.50. The van der Waals surface area contributed by atoms with Crippen LogP contribution in [0, 0.1) is 0 Å². The average molecular weight is 278 g/mol. The summed E-state index contributed by atoms with van der Waals surface area (Å²) >= 11 is 0. The largest absolute Gasteiger partial charge is 0.390 e. The minimum atomic E-state index is -0.434. The Morgan fingerprint density at radius 2 is 2.10 bits per heavy atom. The van der Waals surface area contributed by atoms with Crippen LogP contribution in [0.3, 0.4) is 0 Å². The number of hydrogen-bond donors (Lipinski definition) is 1. The van der Waals surface area contributed by atoms with Gasteiger partial charge in [0.25, 0.3) is 0 Å². The number of aromatic nitrogens is 2. The standard InChI is InChI=1S/C16H26N2O2/c1-20-16(9-5-10-16)15(19)12-13-8-11-18(17-13)14-6-3-2-4-7-14/h8,11,14-15,19H,2-7,9-10,12H2,1H3. The van der Waals surface area contributed by atoms with Gasteiger partial charge in [0.1, 0.15) is 0 Å². The van der Waals surface area contributed by atoms with E-state index in [4.69, 9.17) is 4.74 Å². The molecule has 4 nitrogen and oxygen atoms in total. The van der Waals surface area contributed by atoms with Crippen LogP contribution in [0.15, 0.2) is 12.3 Å². The first-order chi connectivity index (χ1) is 9.73. The summed E-state index contributed by atoms with van der Waals surface area (Å²) in [5.74, 6) is 0. The van der Waals surface area contributed by atoms with Crippen LogP contribution in [0.5, 0.6) is 0 Å². The topological polar surface area (TPSA) is 47.3 Å². The van der Waals surface area contributed by atoms with E-state index in [9.17, 15) is 5.11 Å². The summed E-state index contributed by atoms with van der Waals surface area (Å²) in [5.41, 5.74) is 0.681. The molecule has 3 rings (SSSR count). The second-order valence-corrected chi connectivity index (χ2v) is 6.42. The Hall–Kier alpha value is -0.870. The Morgan fingerprint density at radius 3 is 2.70 bits per heavy atom. The van der Waals surface area contributed by atoms with E-state index in [-0.39, 0.29) is 5.60 Å². The van der Waals surface area contributed by atoms with Gasteiger partial charge >= 0.3 is 0 Å². The Kier molecular flexibility index (Phi) is 4.13. The molecule has 0 aromatic carbocycles. The van der Waals surface area contributed by atoms with Crippen molar-refractivity contribution in [3.8, 4) is 0 Å². The molecule has 0 saturated heterocycles. The quantitative estimate of drug-likeness (QED) is 0.901. The van der Waals surface area contributed by atoms with Crippen LogP contribution in [-0.2, 0) is 11.2 Å². The fraction of sp³-hybridized carbons (Fsp3) is 0.812. The fourth-order valence-corrected chi connectivity index (χ4v) is 3.62. The van der Waals surface area contributed by atoms with Gasteiger partial charge in [-0.25, -0.2) is 0 Å². The Bertz CT molecular complexity index is 428. The van der Waals surface area contributed by atoms with Crippen molar-refractivity contribution in [1.29, 1.82) is 0 Å². The van der Waals surface area contributed by atoms with Crippen LogP contribution < -0.4 is 0 Å². The lowest BCUT2D eigenvalue weighted by Gasteiger charge is -2.44. The van der Waals surface area contributed by atoms with Gasteiger partial charge in [0, 0.05) is 19.7 Å². The van der Waals surface area contributed by atoms with Crippen LogP contribution in [-0.4, -0.2) is 33.7 Å². The van der Waals surface area contributed by atoms with E-state index in [1.807, 2.05) is 0 Å².